The van der Waals surface area contributed by atoms with Gasteiger partial charge in [-0.15, -0.1) is 11.3 Å². The molecule has 0 bridgehead atoms. The molecule has 20 heavy (non-hydrogen) atoms. The lowest BCUT2D eigenvalue weighted by atomic mass is 10.3. The van der Waals surface area contributed by atoms with Gasteiger partial charge in [0.15, 0.2) is 0 Å². The fraction of sp³-hybridized carbons (Fsp3) is 0.214. The number of nitrogens with two attached hydrogens (primary N) is 1. The van der Waals surface area contributed by atoms with Gasteiger partial charge in [-0.05, 0) is 52.3 Å². The second-order valence-electron chi connectivity index (χ2n) is 4.03. The zero-order valence-corrected chi connectivity index (χ0v) is 13.1. The molecule has 0 fully saturated rings. The molecule has 2 rings (SSSR count). The summed E-state index contributed by atoms with van der Waals surface area (Å²) < 4.78 is 11.6. The number of carbonyl (C=O) groups excluding carboxylic acids is 1. The number of ether oxygens (including phenoxy) is 2. The van der Waals surface area contributed by atoms with Gasteiger partial charge in [0, 0.05) is 10.6 Å². The second-order valence-corrected chi connectivity index (χ2v) is 6.58. The summed E-state index contributed by atoms with van der Waals surface area (Å²) in [5, 5.41) is 0. The smallest absolute Gasteiger partial charge is 0.309 e. The Morgan fingerprint density at radius 2 is 1.95 bits per heavy atom. The van der Waals surface area contributed by atoms with Gasteiger partial charge in [0.05, 0.1) is 16.8 Å². The molecule has 0 aliphatic heterocycles. The lowest BCUT2D eigenvalue weighted by Gasteiger charge is -2.06. The van der Waals surface area contributed by atoms with E-state index in [2.05, 4.69) is 15.9 Å². The van der Waals surface area contributed by atoms with Crippen LogP contribution in [0.1, 0.15) is 11.3 Å². The van der Waals surface area contributed by atoms with E-state index >= 15 is 0 Å². The molecular weight excluding hydrogens is 342 g/mol. The topological polar surface area (TPSA) is 61.5 Å². The van der Waals surface area contributed by atoms with Crippen LogP contribution < -0.4 is 10.5 Å². The van der Waals surface area contributed by atoms with Crippen molar-refractivity contribution >= 4 is 38.9 Å². The highest BCUT2D eigenvalue weighted by molar-refractivity contribution is 9.11. The number of halogens is 1. The highest BCUT2D eigenvalue weighted by atomic mass is 79.9. The van der Waals surface area contributed by atoms with E-state index in [0.29, 0.717) is 18.0 Å². The predicted molar refractivity (Wildman–Crippen MR) is 82.8 cm³/mol. The number of carbonyl (C=O) groups is 1. The molecule has 0 aliphatic rings. The molecule has 106 valence electrons. The molecule has 2 N–H and O–H groups in total. The lowest BCUT2D eigenvalue weighted by Crippen LogP contribution is -2.09. The van der Waals surface area contributed by atoms with Crippen molar-refractivity contribution in [2.75, 3.05) is 12.3 Å². The van der Waals surface area contributed by atoms with Crippen LogP contribution in [-0.4, -0.2) is 12.6 Å². The van der Waals surface area contributed by atoms with Crippen molar-refractivity contribution in [3.05, 3.63) is 45.1 Å². The van der Waals surface area contributed by atoms with Crippen molar-refractivity contribution in [1.29, 1.82) is 0 Å². The number of nitrogen functional groups attached to an aromatic ring is 1. The molecule has 0 saturated heterocycles. The Hall–Kier alpha value is -1.53. The minimum atomic E-state index is -0.273. The Bertz CT molecular complexity index is 568. The first-order valence-electron chi connectivity index (χ1n) is 6.01. The van der Waals surface area contributed by atoms with Crippen LogP contribution in [0.4, 0.5) is 5.69 Å². The summed E-state index contributed by atoms with van der Waals surface area (Å²) in [4.78, 5) is 12.5. The maximum Gasteiger partial charge on any atom is 0.309 e. The van der Waals surface area contributed by atoms with Gasteiger partial charge >= 0.3 is 5.97 Å². The summed E-state index contributed by atoms with van der Waals surface area (Å²) in [6, 6.07) is 10.9. The Balaban J connectivity index is 1.66. The number of thiophene rings is 1. The molecule has 1 aromatic heterocycles. The average Bonchev–Trinajstić information content (AvgIpc) is 2.85. The minimum absolute atomic E-state index is 0.219. The number of hydrogen-bond acceptors (Lipinski definition) is 5. The van der Waals surface area contributed by atoms with Crippen LogP contribution in [-0.2, 0) is 16.1 Å². The average molecular weight is 356 g/mol. The molecule has 0 aliphatic carbocycles. The first-order valence-corrected chi connectivity index (χ1v) is 7.62. The van der Waals surface area contributed by atoms with Crippen LogP contribution in [0.3, 0.4) is 0 Å². The number of benzene rings is 1. The van der Waals surface area contributed by atoms with Gasteiger partial charge in [-0.25, -0.2) is 0 Å². The zero-order valence-electron chi connectivity index (χ0n) is 10.7. The third-order valence-electron chi connectivity index (χ3n) is 2.46. The summed E-state index contributed by atoms with van der Waals surface area (Å²) in [5.41, 5.74) is 6.25. The van der Waals surface area contributed by atoms with Gasteiger partial charge in [0.1, 0.15) is 12.4 Å². The van der Waals surface area contributed by atoms with E-state index in [9.17, 15) is 4.79 Å². The summed E-state index contributed by atoms with van der Waals surface area (Å²) in [7, 11) is 0. The molecule has 0 radical (unpaired) electrons. The minimum Gasteiger partial charge on any atom is -0.493 e. The lowest BCUT2D eigenvalue weighted by molar-refractivity contribution is -0.145. The van der Waals surface area contributed by atoms with Crippen LogP contribution in [0.2, 0.25) is 0 Å². The predicted octanol–water partition coefficient (Wildman–Crippen LogP) is 3.61. The fourth-order valence-corrected chi connectivity index (χ4v) is 2.87. The molecule has 0 amide bonds. The number of hydrogen-bond donors (Lipinski definition) is 1. The van der Waals surface area contributed by atoms with E-state index < -0.39 is 0 Å². The van der Waals surface area contributed by atoms with Crippen molar-refractivity contribution in [1.82, 2.24) is 0 Å². The van der Waals surface area contributed by atoms with E-state index in [0.717, 1.165) is 8.66 Å². The molecule has 4 nitrogen and oxygen atoms in total. The van der Waals surface area contributed by atoms with E-state index in [4.69, 9.17) is 15.2 Å². The van der Waals surface area contributed by atoms with Gasteiger partial charge in [-0.2, -0.15) is 0 Å². The highest BCUT2D eigenvalue weighted by Gasteiger charge is 2.05. The van der Waals surface area contributed by atoms with Crippen molar-refractivity contribution in [3.63, 3.8) is 0 Å². The van der Waals surface area contributed by atoms with Crippen molar-refractivity contribution < 1.29 is 14.3 Å². The maximum absolute atomic E-state index is 11.5. The first-order chi connectivity index (χ1) is 9.63. The van der Waals surface area contributed by atoms with Crippen molar-refractivity contribution in [3.8, 4) is 5.75 Å². The van der Waals surface area contributed by atoms with E-state index in [1.807, 2.05) is 12.1 Å². The fourth-order valence-electron chi connectivity index (χ4n) is 1.47. The van der Waals surface area contributed by atoms with Crippen LogP contribution in [0.25, 0.3) is 0 Å². The van der Waals surface area contributed by atoms with Crippen LogP contribution in [0.5, 0.6) is 5.75 Å². The van der Waals surface area contributed by atoms with Crippen molar-refractivity contribution in [2.45, 2.75) is 13.0 Å². The molecule has 0 saturated carbocycles. The van der Waals surface area contributed by atoms with Gasteiger partial charge in [0.2, 0.25) is 0 Å². The summed E-state index contributed by atoms with van der Waals surface area (Å²) in [6.45, 7) is 0.591. The molecule has 2 aromatic rings. The third-order valence-corrected chi connectivity index (χ3v) is 4.06. The van der Waals surface area contributed by atoms with Crippen LogP contribution >= 0.6 is 27.3 Å². The van der Waals surface area contributed by atoms with Gasteiger partial charge in [-0.3, -0.25) is 4.79 Å². The maximum atomic E-state index is 11.5. The summed E-state index contributed by atoms with van der Waals surface area (Å²) in [6.07, 6.45) is 0.219. The molecule has 0 atom stereocenters. The van der Waals surface area contributed by atoms with E-state index in [1.54, 1.807) is 35.6 Å². The molecule has 0 spiro atoms. The largest absolute Gasteiger partial charge is 0.493 e. The molecule has 1 aromatic carbocycles. The number of anilines is 1. The molecule has 0 unspecified atom stereocenters. The Morgan fingerprint density at radius 1 is 1.20 bits per heavy atom. The standard InChI is InChI=1S/C14H14BrNO3S/c15-13-6-5-12(20-13)9-19-14(17)7-8-18-11-3-1-10(16)2-4-11/h1-6H,7-9,16H2. The summed E-state index contributed by atoms with van der Waals surface area (Å²) >= 11 is 4.91. The normalized spacial score (nSPS) is 10.2. The van der Waals surface area contributed by atoms with Crippen LogP contribution in [0.15, 0.2) is 40.2 Å². The van der Waals surface area contributed by atoms with E-state index in [-0.39, 0.29) is 19.0 Å². The number of rotatable bonds is 6. The third kappa shape index (κ3) is 4.86. The molecule has 1 heterocycles. The summed E-state index contributed by atoms with van der Waals surface area (Å²) in [5.74, 6) is 0.416. The van der Waals surface area contributed by atoms with Crippen molar-refractivity contribution in [2.24, 2.45) is 0 Å². The molecule has 6 heteroatoms. The molecular formula is C14H14BrNO3S. The SMILES string of the molecule is Nc1ccc(OCCC(=O)OCc2ccc(Br)s2)cc1. The zero-order chi connectivity index (χ0) is 14.4. The quantitative estimate of drug-likeness (QED) is 0.635. The van der Waals surface area contributed by atoms with E-state index in [1.165, 1.54) is 0 Å². The Labute approximate surface area is 129 Å². The number of esters is 1. The second kappa shape index (κ2) is 7.31. The first kappa shape index (κ1) is 14.9. The monoisotopic (exact) mass is 355 g/mol. The highest BCUT2D eigenvalue weighted by Crippen LogP contribution is 2.22. The van der Waals surface area contributed by atoms with Crippen LogP contribution in [0, 0.1) is 0 Å². The van der Waals surface area contributed by atoms with Gasteiger partial charge in [0.25, 0.3) is 0 Å². The Kier molecular flexibility index (Phi) is 5.43. The van der Waals surface area contributed by atoms with Gasteiger partial charge in [-0.1, -0.05) is 0 Å². The Morgan fingerprint density at radius 3 is 2.60 bits per heavy atom. The van der Waals surface area contributed by atoms with Gasteiger partial charge < -0.3 is 15.2 Å².